The van der Waals surface area contributed by atoms with Crippen molar-refractivity contribution in [2.45, 2.75) is 12.5 Å². The van der Waals surface area contributed by atoms with Gasteiger partial charge in [-0.2, -0.15) is 0 Å². The monoisotopic (exact) mass is 207 g/mol. The fourth-order valence-corrected chi connectivity index (χ4v) is 1.64. The molecular formula is C12H17NO2. The largest absolute Gasteiger partial charge is 0.494 e. The van der Waals surface area contributed by atoms with Gasteiger partial charge in [0.05, 0.1) is 19.8 Å². The highest BCUT2D eigenvalue weighted by atomic mass is 16.5. The fraction of sp³-hybridized carbons (Fsp3) is 0.500. The predicted molar refractivity (Wildman–Crippen MR) is 59.2 cm³/mol. The minimum absolute atomic E-state index is 0.447. The van der Waals surface area contributed by atoms with E-state index in [-0.39, 0.29) is 0 Å². The van der Waals surface area contributed by atoms with Gasteiger partial charge in [0.15, 0.2) is 0 Å². The lowest BCUT2D eigenvalue weighted by Gasteiger charge is -2.23. The molecule has 1 aromatic rings. The molecule has 1 aliphatic heterocycles. The molecule has 0 radical (unpaired) electrons. The number of benzene rings is 1. The van der Waals surface area contributed by atoms with Crippen molar-refractivity contribution in [3.8, 4) is 5.75 Å². The summed E-state index contributed by atoms with van der Waals surface area (Å²) in [6.45, 7) is 3.33. The Kier molecular flexibility index (Phi) is 4.00. The Morgan fingerprint density at radius 3 is 2.93 bits per heavy atom. The first kappa shape index (κ1) is 10.5. The van der Waals surface area contributed by atoms with E-state index >= 15 is 0 Å². The Morgan fingerprint density at radius 1 is 1.33 bits per heavy atom. The summed E-state index contributed by atoms with van der Waals surface area (Å²) < 4.78 is 11.0. The first-order chi connectivity index (χ1) is 7.45. The minimum Gasteiger partial charge on any atom is -0.494 e. The van der Waals surface area contributed by atoms with Crippen LogP contribution in [0, 0.1) is 0 Å². The molecular weight excluding hydrogens is 190 g/mol. The maximum atomic E-state index is 5.61. The summed E-state index contributed by atoms with van der Waals surface area (Å²) in [5, 5.41) is 3.40. The smallest absolute Gasteiger partial charge is 0.119 e. The molecule has 0 saturated carbocycles. The van der Waals surface area contributed by atoms with Crippen LogP contribution in [0.1, 0.15) is 6.42 Å². The average Bonchev–Trinajstić information content (AvgIpc) is 2.32. The second-order valence-corrected chi connectivity index (χ2v) is 3.68. The van der Waals surface area contributed by atoms with Gasteiger partial charge in [0, 0.05) is 12.6 Å². The van der Waals surface area contributed by atoms with Gasteiger partial charge in [0.2, 0.25) is 0 Å². The summed E-state index contributed by atoms with van der Waals surface area (Å²) in [7, 11) is 0. The number of ether oxygens (including phenoxy) is 2. The molecule has 1 aliphatic rings. The van der Waals surface area contributed by atoms with E-state index in [9.17, 15) is 0 Å². The van der Waals surface area contributed by atoms with Crippen LogP contribution in [0.5, 0.6) is 5.75 Å². The molecule has 0 bridgehead atoms. The van der Waals surface area contributed by atoms with Crippen molar-refractivity contribution in [1.82, 2.24) is 5.32 Å². The van der Waals surface area contributed by atoms with Crippen LogP contribution in [-0.4, -0.2) is 32.4 Å². The van der Waals surface area contributed by atoms with Crippen LogP contribution >= 0.6 is 0 Å². The molecule has 1 aromatic carbocycles. The Balaban J connectivity index is 1.66. The lowest BCUT2D eigenvalue weighted by molar-refractivity contribution is 0.0691. The topological polar surface area (TPSA) is 30.5 Å². The van der Waals surface area contributed by atoms with Crippen molar-refractivity contribution in [3.63, 3.8) is 0 Å². The van der Waals surface area contributed by atoms with E-state index in [4.69, 9.17) is 9.47 Å². The number of rotatable bonds is 4. The van der Waals surface area contributed by atoms with Gasteiger partial charge in [-0.3, -0.25) is 0 Å². The van der Waals surface area contributed by atoms with Crippen LogP contribution in [0.3, 0.4) is 0 Å². The SMILES string of the molecule is c1ccc(OCCC2COCCN2)cc1. The van der Waals surface area contributed by atoms with Crippen LogP contribution in [0.15, 0.2) is 30.3 Å². The van der Waals surface area contributed by atoms with Gasteiger partial charge < -0.3 is 14.8 Å². The standard InChI is InChI=1S/C12H17NO2/c1-2-4-12(5-3-1)15-8-6-11-10-14-9-7-13-11/h1-5,11,13H,6-10H2. The Hall–Kier alpha value is -1.06. The molecule has 1 fully saturated rings. The third-order valence-corrected chi connectivity index (χ3v) is 2.48. The van der Waals surface area contributed by atoms with Crippen LogP contribution < -0.4 is 10.1 Å². The molecule has 82 valence electrons. The van der Waals surface area contributed by atoms with Gasteiger partial charge in [0.25, 0.3) is 0 Å². The predicted octanol–water partition coefficient (Wildman–Crippen LogP) is 1.44. The summed E-state index contributed by atoms with van der Waals surface area (Å²) in [6.07, 6.45) is 0.995. The van der Waals surface area contributed by atoms with E-state index in [0.29, 0.717) is 6.04 Å². The van der Waals surface area contributed by atoms with Gasteiger partial charge in [-0.1, -0.05) is 18.2 Å². The first-order valence-corrected chi connectivity index (χ1v) is 5.44. The highest BCUT2D eigenvalue weighted by Crippen LogP contribution is 2.09. The van der Waals surface area contributed by atoms with Gasteiger partial charge >= 0.3 is 0 Å². The van der Waals surface area contributed by atoms with Crippen molar-refractivity contribution in [3.05, 3.63) is 30.3 Å². The van der Waals surface area contributed by atoms with Crippen LogP contribution in [0.25, 0.3) is 0 Å². The summed E-state index contributed by atoms with van der Waals surface area (Å²) in [5.74, 6) is 0.939. The number of morpholine rings is 1. The zero-order chi connectivity index (χ0) is 10.3. The maximum absolute atomic E-state index is 5.61. The molecule has 1 atom stereocenters. The minimum atomic E-state index is 0.447. The molecule has 2 rings (SSSR count). The van der Waals surface area contributed by atoms with Gasteiger partial charge in [-0.25, -0.2) is 0 Å². The summed E-state index contributed by atoms with van der Waals surface area (Å²) >= 11 is 0. The zero-order valence-electron chi connectivity index (χ0n) is 8.82. The van der Waals surface area contributed by atoms with Gasteiger partial charge in [-0.15, -0.1) is 0 Å². The van der Waals surface area contributed by atoms with Crippen LogP contribution in [0.4, 0.5) is 0 Å². The van der Waals surface area contributed by atoms with Crippen molar-refractivity contribution < 1.29 is 9.47 Å². The average molecular weight is 207 g/mol. The van der Waals surface area contributed by atoms with Crippen molar-refractivity contribution in [1.29, 1.82) is 0 Å². The number of hydrogen-bond donors (Lipinski definition) is 1. The Labute approximate surface area is 90.4 Å². The van der Waals surface area contributed by atoms with E-state index < -0.39 is 0 Å². The van der Waals surface area contributed by atoms with E-state index in [0.717, 1.165) is 38.5 Å². The molecule has 3 heteroatoms. The van der Waals surface area contributed by atoms with Gasteiger partial charge in [0.1, 0.15) is 5.75 Å². The van der Waals surface area contributed by atoms with Crippen LogP contribution in [0.2, 0.25) is 0 Å². The first-order valence-electron chi connectivity index (χ1n) is 5.44. The second kappa shape index (κ2) is 5.73. The molecule has 1 heterocycles. The third kappa shape index (κ3) is 3.53. The zero-order valence-corrected chi connectivity index (χ0v) is 8.82. The van der Waals surface area contributed by atoms with Crippen molar-refractivity contribution in [2.75, 3.05) is 26.4 Å². The normalized spacial score (nSPS) is 21.2. The van der Waals surface area contributed by atoms with E-state index in [1.165, 1.54) is 0 Å². The molecule has 1 N–H and O–H groups in total. The summed E-state index contributed by atoms with van der Waals surface area (Å²) in [4.78, 5) is 0. The molecule has 0 aliphatic carbocycles. The maximum Gasteiger partial charge on any atom is 0.119 e. The molecule has 0 spiro atoms. The van der Waals surface area contributed by atoms with Crippen molar-refractivity contribution >= 4 is 0 Å². The fourth-order valence-electron chi connectivity index (χ4n) is 1.64. The lowest BCUT2D eigenvalue weighted by Crippen LogP contribution is -2.41. The molecule has 0 amide bonds. The number of hydrogen-bond acceptors (Lipinski definition) is 3. The molecule has 3 nitrogen and oxygen atoms in total. The molecule has 1 unspecified atom stereocenters. The third-order valence-electron chi connectivity index (χ3n) is 2.48. The Bertz CT molecular complexity index is 270. The highest BCUT2D eigenvalue weighted by Gasteiger charge is 2.12. The highest BCUT2D eigenvalue weighted by molar-refractivity contribution is 5.20. The van der Waals surface area contributed by atoms with E-state index in [1.54, 1.807) is 0 Å². The summed E-state index contributed by atoms with van der Waals surface area (Å²) in [6, 6.07) is 10.4. The van der Waals surface area contributed by atoms with Crippen LogP contribution in [-0.2, 0) is 4.74 Å². The van der Waals surface area contributed by atoms with E-state index in [1.807, 2.05) is 30.3 Å². The number of para-hydroxylation sites is 1. The lowest BCUT2D eigenvalue weighted by atomic mass is 10.2. The second-order valence-electron chi connectivity index (χ2n) is 3.68. The quantitative estimate of drug-likeness (QED) is 0.810. The molecule has 1 saturated heterocycles. The molecule has 0 aromatic heterocycles. The number of nitrogens with one attached hydrogen (secondary N) is 1. The van der Waals surface area contributed by atoms with E-state index in [2.05, 4.69) is 5.32 Å². The summed E-state index contributed by atoms with van der Waals surface area (Å²) in [5.41, 5.74) is 0. The van der Waals surface area contributed by atoms with Gasteiger partial charge in [-0.05, 0) is 18.6 Å². The Morgan fingerprint density at radius 2 is 2.20 bits per heavy atom. The molecule has 15 heavy (non-hydrogen) atoms. The van der Waals surface area contributed by atoms with Crippen molar-refractivity contribution in [2.24, 2.45) is 0 Å².